The fourth-order valence-electron chi connectivity index (χ4n) is 2.48. The third kappa shape index (κ3) is 3.49. The molecule has 1 heterocycles. The van der Waals surface area contributed by atoms with E-state index in [1.165, 1.54) is 25.7 Å². The van der Waals surface area contributed by atoms with E-state index in [0.717, 1.165) is 25.1 Å². The van der Waals surface area contributed by atoms with Crippen LogP contribution in [0.15, 0.2) is 0 Å². The molecule has 1 aliphatic rings. The van der Waals surface area contributed by atoms with Crippen LogP contribution in [0.25, 0.3) is 0 Å². The van der Waals surface area contributed by atoms with Gasteiger partial charge in [-0.25, -0.2) is 0 Å². The second-order valence-corrected chi connectivity index (χ2v) is 5.99. The van der Waals surface area contributed by atoms with Gasteiger partial charge in [-0.15, -0.1) is 0 Å². The second-order valence-electron chi connectivity index (χ2n) is 5.99. The first-order chi connectivity index (χ1) is 7.49. The Balaban J connectivity index is 2.34. The van der Waals surface area contributed by atoms with Gasteiger partial charge in [0.2, 0.25) is 0 Å². The molecule has 0 saturated carbocycles. The van der Waals surface area contributed by atoms with E-state index in [1.54, 1.807) is 0 Å². The molecular weight excluding hydrogens is 197 g/mol. The highest BCUT2D eigenvalue weighted by Gasteiger charge is 2.39. The van der Waals surface area contributed by atoms with Crippen molar-refractivity contribution in [1.29, 1.82) is 0 Å². The molecule has 3 heteroatoms. The maximum Gasteiger partial charge on any atom is 0.105 e. The third-order valence-corrected chi connectivity index (χ3v) is 4.02. The lowest BCUT2D eigenvalue weighted by atomic mass is 9.84. The van der Waals surface area contributed by atoms with Crippen LogP contribution in [0.4, 0.5) is 0 Å². The summed E-state index contributed by atoms with van der Waals surface area (Å²) in [4.78, 5) is 2.55. The fourth-order valence-corrected chi connectivity index (χ4v) is 2.48. The molecule has 0 amide bonds. The Kier molecular flexibility index (Phi) is 5.32. The smallest absolute Gasteiger partial charge is 0.105 e. The summed E-state index contributed by atoms with van der Waals surface area (Å²) in [6.45, 7) is 8.75. The standard InChI is InChI=1S/C13H28BNO/c1-5-12(8-6-7-11(2)14)15(4)13(3)9-16-10-13/h11-12H,5-10,14H2,1-4H3. The van der Waals surface area contributed by atoms with Gasteiger partial charge in [0.25, 0.3) is 0 Å². The molecule has 0 N–H and O–H groups in total. The SMILES string of the molecule is BC(C)CCCC(CC)N(C)C1(C)COC1. The van der Waals surface area contributed by atoms with Crippen molar-refractivity contribution >= 4 is 7.85 Å². The molecule has 2 atom stereocenters. The van der Waals surface area contributed by atoms with Gasteiger partial charge in [0.15, 0.2) is 0 Å². The number of likely N-dealkylation sites (N-methyl/N-ethyl adjacent to an activating group) is 1. The van der Waals surface area contributed by atoms with Crippen molar-refractivity contribution in [1.82, 2.24) is 4.90 Å². The second kappa shape index (κ2) is 6.06. The predicted octanol–water partition coefficient (Wildman–Crippen LogP) is 2.10. The zero-order chi connectivity index (χ0) is 12.2. The Hall–Kier alpha value is -0.0151. The summed E-state index contributed by atoms with van der Waals surface area (Å²) in [6, 6.07) is 0.729. The van der Waals surface area contributed by atoms with Crippen LogP contribution in [-0.2, 0) is 4.74 Å². The zero-order valence-electron chi connectivity index (χ0n) is 11.8. The number of ether oxygens (including phenoxy) is 1. The molecule has 1 fully saturated rings. The first-order valence-electron chi connectivity index (χ1n) is 6.80. The van der Waals surface area contributed by atoms with Gasteiger partial charge in [-0.2, -0.15) is 0 Å². The molecule has 0 aromatic rings. The van der Waals surface area contributed by atoms with E-state index in [-0.39, 0.29) is 0 Å². The Labute approximate surface area is 102 Å². The number of hydrogen-bond acceptors (Lipinski definition) is 2. The lowest BCUT2D eigenvalue weighted by molar-refractivity contribution is -0.135. The number of nitrogens with zero attached hydrogens (tertiary/aromatic N) is 1. The van der Waals surface area contributed by atoms with Crippen LogP contribution in [0.3, 0.4) is 0 Å². The van der Waals surface area contributed by atoms with Crippen LogP contribution in [0.5, 0.6) is 0 Å². The van der Waals surface area contributed by atoms with Crippen LogP contribution in [-0.4, -0.2) is 44.6 Å². The predicted molar refractivity (Wildman–Crippen MR) is 72.9 cm³/mol. The fraction of sp³-hybridized carbons (Fsp3) is 1.00. The van der Waals surface area contributed by atoms with E-state index in [1.807, 2.05) is 0 Å². The molecule has 0 aromatic carbocycles. The largest absolute Gasteiger partial charge is 0.377 e. The van der Waals surface area contributed by atoms with E-state index >= 15 is 0 Å². The monoisotopic (exact) mass is 225 g/mol. The van der Waals surface area contributed by atoms with Crippen molar-refractivity contribution in [2.45, 2.75) is 63.9 Å². The van der Waals surface area contributed by atoms with Crippen LogP contribution in [0.2, 0.25) is 5.82 Å². The first-order valence-corrected chi connectivity index (χ1v) is 6.80. The summed E-state index contributed by atoms with van der Waals surface area (Å²) in [5.74, 6) is 0.838. The number of rotatable bonds is 7. The highest BCUT2D eigenvalue weighted by Crippen LogP contribution is 2.28. The molecule has 1 aliphatic heterocycles. The summed E-state index contributed by atoms with van der Waals surface area (Å²) in [7, 11) is 4.58. The molecule has 0 bridgehead atoms. The van der Waals surface area contributed by atoms with Crippen LogP contribution in [0.1, 0.15) is 46.5 Å². The molecule has 1 rings (SSSR count). The summed E-state index contributed by atoms with van der Waals surface area (Å²) < 4.78 is 5.35. The lowest BCUT2D eigenvalue weighted by Gasteiger charge is -2.49. The highest BCUT2D eigenvalue weighted by molar-refractivity contribution is 6.11. The van der Waals surface area contributed by atoms with Crippen molar-refractivity contribution in [2.24, 2.45) is 0 Å². The molecule has 2 nitrogen and oxygen atoms in total. The Bertz CT molecular complexity index is 204. The van der Waals surface area contributed by atoms with Crippen molar-refractivity contribution < 1.29 is 4.74 Å². The van der Waals surface area contributed by atoms with Crippen LogP contribution in [0, 0.1) is 0 Å². The molecule has 0 aliphatic carbocycles. The van der Waals surface area contributed by atoms with E-state index in [2.05, 4.69) is 40.6 Å². The quantitative estimate of drug-likeness (QED) is 0.615. The average Bonchev–Trinajstić information content (AvgIpc) is 2.19. The minimum absolute atomic E-state index is 0.304. The van der Waals surface area contributed by atoms with E-state index < -0.39 is 0 Å². The van der Waals surface area contributed by atoms with Gasteiger partial charge in [0, 0.05) is 6.04 Å². The highest BCUT2D eigenvalue weighted by atomic mass is 16.5. The molecule has 2 unspecified atom stereocenters. The Morgan fingerprint density at radius 3 is 2.38 bits per heavy atom. The molecule has 16 heavy (non-hydrogen) atoms. The maximum absolute atomic E-state index is 5.35. The summed E-state index contributed by atoms with van der Waals surface area (Å²) in [6.07, 6.45) is 5.31. The topological polar surface area (TPSA) is 12.5 Å². The van der Waals surface area contributed by atoms with E-state index in [4.69, 9.17) is 4.74 Å². The zero-order valence-corrected chi connectivity index (χ0v) is 11.8. The molecule has 0 spiro atoms. The van der Waals surface area contributed by atoms with Crippen molar-refractivity contribution in [3.8, 4) is 0 Å². The van der Waals surface area contributed by atoms with Gasteiger partial charge in [0.1, 0.15) is 7.85 Å². The molecule has 94 valence electrons. The normalized spacial score (nSPS) is 22.8. The molecule has 1 saturated heterocycles. The van der Waals surface area contributed by atoms with Gasteiger partial charge in [-0.05, 0) is 26.8 Å². The van der Waals surface area contributed by atoms with Crippen LogP contribution >= 0.6 is 0 Å². The van der Waals surface area contributed by atoms with Gasteiger partial charge in [0.05, 0.1) is 18.8 Å². The average molecular weight is 225 g/mol. The maximum atomic E-state index is 5.35. The van der Waals surface area contributed by atoms with Gasteiger partial charge >= 0.3 is 0 Å². The van der Waals surface area contributed by atoms with Crippen LogP contribution < -0.4 is 0 Å². The van der Waals surface area contributed by atoms with Crippen molar-refractivity contribution in [3.63, 3.8) is 0 Å². The van der Waals surface area contributed by atoms with E-state index in [9.17, 15) is 0 Å². The van der Waals surface area contributed by atoms with Crippen molar-refractivity contribution in [2.75, 3.05) is 20.3 Å². The minimum atomic E-state index is 0.304. The molecule has 0 aromatic heterocycles. The Morgan fingerprint density at radius 2 is 2.00 bits per heavy atom. The summed E-state index contributed by atoms with van der Waals surface area (Å²) in [5.41, 5.74) is 0.304. The van der Waals surface area contributed by atoms with Gasteiger partial charge in [-0.3, -0.25) is 4.90 Å². The summed E-state index contributed by atoms with van der Waals surface area (Å²) >= 11 is 0. The van der Waals surface area contributed by atoms with Gasteiger partial charge < -0.3 is 4.74 Å². The third-order valence-electron chi connectivity index (χ3n) is 4.02. The van der Waals surface area contributed by atoms with E-state index in [0.29, 0.717) is 5.54 Å². The minimum Gasteiger partial charge on any atom is -0.377 e. The van der Waals surface area contributed by atoms with Crippen molar-refractivity contribution in [3.05, 3.63) is 0 Å². The molecule has 0 radical (unpaired) electrons. The number of hydrogen-bond donors (Lipinski definition) is 0. The van der Waals surface area contributed by atoms with Gasteiger partial charge in [-0.1, -0.05) is 32.5 Å². The summed E-state index contributed by atoms with van der Waals surface area (Å²) in [5, 5.41) is 0. The lowest BCUT2D eigenvalue weighted by Crippen LogP contribution is -2.61. The Morgan fingerprint density at radius 1 is 1.38 bits per heavy atom. The first kappa shape index (κ1) is 14.0. The molecular formula is C13H28BNO.